The van der Waals surface area contributed by atoms with E-state index in [-0.39, 0.29) is 17.5 Å². The Labute approximate surface area is 231 Å². The van der Waals surface area contributed by atoms with E-state index in [1.54, 1.807) is 12.1 Å². The van der Waals surface area contributed by atoms with E-state index in [2.05, 4.69) is 32.2 Å². The van der Waals surface area contributed by atoms with E-state index < -0.39 is 28.8 Å². The number of amides is 1. The fourth-order valence-electron chi connectivity index (χ4n) is 6.62. The molecule has 4 atom stereocenters. The minimum atomic E-state index is -1.28. The number of hydrogen-bond donors (Lipinski definition) is 1. The van der Waals surface area contributed by atoms with Crippen molar-refractivity contribution in [1.29, 1.82) is 0 Å². The fraction of sp³-hybridized carbons (Fsp3) is 0.281. The van der Waals surface area contributed by atoms with Crippen molar-refractivity contribution in [3.05, 3.63) is 100 Å². The molecular formula is C32H29BrN2O3. The summed E-state index contributed by atoms with van der Waals surface area (Å²) in [4.78, 5) is 45.5. The van der Waals surface area contributed by atoms with Crippen LogP contribution in [-0.4, -0.2) is 29.6 Å². The lowest BCUT2D eigenvalue weighted by Crippen LogP contribution is -2.51. The van der Waals surface area contributed by atoms with Crippen LogP contribution in [0.5, 0.6) is 0 Å². The zero-order valence-corrected chi connectivity index (χ0v) is 23.4. The number of nitrogens with one attached hydrogen (secondary N) is 1. The van der Waals surface area contributed by atoms with Crippen LogP contribution in [0.1, 0.15) is 49.2 Å². The number of carbonyl (C=O) groups is 3. The number of carbonyl (C=O) groups excluding carboxylic acids is 3. The second kappa shape index (κ2) is 8.50. The standard InChI is InChI=1S/C32H29BrN2O3/c1-18-17-25-32(22-10-6-7-11-23(22)34-30(32)38)26(28(36)19-13-15-20(33)16-14-19)27(29(37)31(2,3)4)35(25)24-12-8-5-9-21(18)24/h5-17,25-27H,1-4H3,(H,34,38)/t25-,26+,27-,32-/m1/s1. The summed E-state index contributed by atoms with van der Waals surface area (Å²) >= 11 is 3.46. The van der Waals surface area contributed by atoms with Crippen LogP contribution < -0.4 is 10.2 Å². The SMILES string of the molecule is CC1=C[C@H]2N(c3ccccc31)[C@@H](C(=O)C(C)(C)C)[C@@H](C(=O)c1ccc(Br)cc1)[C@]21C(=O)Nc2ccccc21. The van der Waals surface area contributed by atoms with E-state index in [1.165, 1.54) is 0 Å². The molecule has 6 heteroatoms. The largest absolute Gasteiger partial charge is 0.352 e. The van der Waals surface area contributed by atoms with E-state index in [4.69, 9.17) is 0 Å². The molecule has 3 aliphatic heterocycles. The van der Waals surface area contributed by atoms with E-state index in [9.17, 15) is 14.4 Å². The lowest BCUT2D eigenvalue weighted by molar-refractivity contribution is -0.128. The van der Waals surface area contributed by atoms with Crippen molar-refractivity contribution < 1.29 is 14.4 Å². The number of allylic oxidation sites excluding steroid dienone is 1. The van der Waals surface area contributed by atoms with Gasteiger partial charge in [-0.25, -0.2) is 0 Å². The summed E-state index contributed by atoms with van der Waals surface area (Å²) in [6, 6.07) is 21.4. The summed E-state index contributed by atoms with van der Waals surface area (Å²) in [5.74, 6) is -1.43. The van der Waals surface area contributed by atoms with Crippen LogP contribution in [-0.2, 0) is 15.0 Å². The maximum atomic E-state index is 14.7. The quantitative estimate of drug-likeness (QED) is 0.370. The highest BCUT2D eigenvalue weighted by atomic mass is 79.9. The molecule has 1 amide bonds. The molecule has 1 N–H and O–H groups in total. The molecule has 0 aliphatic carbocycles. The molecule has 3 heterocycles. The van der Waals surface area contributed by atoms with E-state index in [0.717, 1.165) is 26.9 Å². The van der Waals surface area contributed by atoms with Crippen LogP contribution in [0.4, 0.5) is 11.4 Å². The summed E-state index contributed by atoms with van der Waals surface area (Å²) < 4.78 is 0.853. The van der Waals surface area contributed by atoms with Crippen LogP contribution in [0.2, 0.25) is 0 Å². The van der Waals surface area contributed by atoms with Crippen molar-refractivity contribution in [1.82, 2.24) is 0 Å². The lowest BCUT2D eigenvalue weighted by Gasteiger charge is -2.39. The topological polar surface area (TPSA) is 66.5 Å². The van der Waals surface area contributed by atoms with Crippen LogP contribution in [0.25, 0.3) is 5.57 Å². The number of ketones is 2. The molecule has 0 bridgehead atoms. The number of hydrogen-bond acceptors (Lipinski definition) is 4. The predicted octanol–water partition coefficient (Wildman–Crippen LogP) is 6.43. The Kier molecular flexibility index (Phi) is 5.55. The second-order valence-corrected chi connectivity index (χ2v) is 12.4. The third-order valence-electron chi connectivity index (χ3n) is 8.30. The van der Waals surface area contributed by atoms with Gasteiger partial charge in [-0.1, -0.05) is 91.3 Å². The Morgan fingerprint density at radius 3 is 2.32 bits per heavy atom. The molecule has 3 aromatic carbocycles. The summed E-state index contributed by atoms with van der Waals surface area (Å²) in [7, 11) is 0. The predicted molar refractivity (Wildman–Crippen MR) is 153 cm³/mol. The van der Waals surface area contributed by atoms with Crippen molar-refractivity contribution in [2.75, 3.05) is 10.2 Å². The molecule has 0 radical (unpaired) electrons. The van der Waals surface area contributed by atoms with Crippen LogP contribution >= 0.6 is 15.9 Å². The van der Waals surface area contributed by atoms with Gasteiger partial charge in [0.25, 0.3) is 0 Å². The average Bonchev–Trinajstić information content (AvgIpc) is 3.36. The Morgan fingerprint density at radius 2 is 1.61 bits per heavy atom. The van der Waals surface area contributed by atoms with Gasteiger partial charge in [-0.2, -0.15) is 0 Å². The Morgan fingerprint density at radius 1 is 0.947 bits per heavy atom. The highest BCUT2D eigenvalue weighted by Gasteiger charge is 2.71. The Balaban J connectivity index is 1.70. The van der Waals surface area contributed by atoms with Gasteiger partial charge >= 0.3 is 0 Å². The Bertz CT molecular complexity index is 1530. The molecule has 0 saturated carbocycles. The number of anilines is 2. The van der Waals surface area contributed by atoms with Crippen molar-refractivity contribution in [2.45, 2.75) is 45.2 Å². The minimum Gasteiger partial charge on any atom is -0.352 e. The number of nitrogens with zero attached hydrogens (tertiary/aromatic N) is 1. The average molecular weight is 569 g/mol. The molecular weight excluding hydrogens is 540 g/mol. The normalized spacial score (nSPS) is 25.4. The van der Waals surface area contributed by atoms with Gasteiger partial charge in [-0.3, -0.25) is 14.4 Å². The van der Waals surface area contributed by atoms with Crippen molar-refractivity contribution in [3.8, 4) is 0 Å². The fourth-order valence-corrected chi connectivity index (χ4v) is 6.89. The van der Waals surface area contributed by atoms with Crippen LogP contribution in [0.3, 0.4) is 0 Å². The third-order valence-corrected chi connectivity index (χ3v) is 8.83. The van der Waals surface area contributed by atoms with Gasteiger partial charge in [0, 0.05) is 32.4 Å². The number of halogens is 1. The monoisotopic (exact) mass is 568 g/mol. The molecule has 3 aliphatic rings. The maximum absolute atomic E-state index is 14.7. The van der Waals surface area contributed by atoms with Gasteiger partial charge in [0.15, 0.2) is 11.6 Å². The maximum Gasteiger partial charge on any atom is 0.238 e. The summed E-state index contributed by atoms with van der Waals surface area (Å²) in [6.45, 7) is 7.69. The number of rotatable bonds is 3. The summed E-state index contributed by atoms with van der Waals surface area (Å²) in [5.41, 5.74) is 2.84. The molecule has 3 aromatic rings. The first-order valence-electron chi connectivity index (χ1n) is 12.9. The Hall–Kier alpha value is -3.51. The molecule has 1 spiro atoms. The third kappa shape index (κ3) is 3.32. The minimum absolute atomic E-state index is 0.0604. The van der Waals surface area contributed by atoms with E-state index in [0.29, 0.717) is 11.3 Å². The van der Waals surface area contributed by atoms with Gasteiger partial charge in [0.05, 0.1) is 12.0 Å². The zero-order chi connectivity index (χ0) is 27.0. The number of Topliss-reactive ketones (excluding diaryl/α,β-unsaturated/α-hetero) is 2. The van der Waals surface area contributed by atoms with E-state index >= 15 is 0 Å². The molecule has 0 aromatic heterocycles. The molecule has 0 unspecified atom stereocenters. The van der Waals surface area contributed by atoms with Gasteiger partial charge in [0.2, 0.25) is 5.91 Å². The number of para-hydroxylation sites is 2. The van der Waals surface area contributed by atoms with Crippen molar-refractivity contribution >= 4 is 50.4 Å². The first-order chi connectivity index (χ1) is 18.1. The lowest BCUT2D eigenvalue weighted by atomic mass is 9.63. The molecule has 1 fully saturated rings. The number of benzene rings is 3. The molecule has 192 valence electrons. The van der Waals surface area contributed by atoms with Crippen LogP contribution in [0, 0.1) is 11.3 Å². The summed E-state index contributed by atoms with van der Waals surface area (Å²) in [6.07, 6.45) is 2.09. The highest BCUT2D eigenvalue weighted by Crippen LogP contribution is 2.59. The smallest absolute Gasteiger partial charge is 0.238 e. The summed E-state index contributed by atoms with van der Waals surface area (Å²) in [5, 5.41) is 3.08. The zero-order valence-electron chi connectivity index (χ0n) is 21.8. The second-order valence-electron chi connectivity index (χ2n) is 11.5. The molecule has 6 rings (SSSR count). The van der Waals surface area contributed by atoms with Crippen molar-refractivity contribution in [3.63, 3.8) is 0 Å². The van der Waals surface area contributed by atoms with Gasteiger partial charge < -0.3 is 10.2 Å². The van der Waals surface area contributed by atoms with Crippen LogP contribution in [0.15, 0.2) is 83.3 Å². The van der Waals surface area contributed by atoms with Crippen molar-refractivity contribution in [2.24, 2.45) is 11.3 Å². The first-order valence-corrected chi connectivity index (χ1v) is 13.7. The molecule has 38 heavy (non-hydrogen) atoms. The number of fused-ring (bicyclic) bond motifs is 6. The van der Waals surface area contributed by atoms with E-state index in [1.807, 2.05) is 88.4 Å². The highest BCUT2D eigenvalue weighted by molar-refractivity contribution is 9.10. The van der Waals surface area contributed by atoms with Gasteiger partial charge in [-0.15, -0.1) is 0 Å². The molecule has 5 nitrogen and oxygen atoms in total. The molecule has 1 saturated heterocycles. The van der Waals surface area contributed by atoms with Gasteiger partial charge in [-0.05, 0) is 42.3 Å². The first kappa shape index (κ1) is 24.8. The van der Waals surface area contributed by atoms with Gasteiger partial charge in [0.1, 0.15) is 11.5 Å².